The van der Waals surface area contributed by atoms with Crippen molar-refractivity contribution in [2.75, 3.05) is 10.5 Å². The SMILES string of the molecule is Cc1cc(C)c(NS(=O)(=O)Cc2ccccc2)cc1N. The third-order valence-electron chi connectivity index (χ3n) is 3.08. The molecule has 106 valence electrons. The average Bonchev–Trinajstić information content (AvgIpc) is 2.36. The lowest BCUT2D eigenvalue weighted by atomic mass is 10.1. The summed E-state index contributed by atoms with van der Waals surface area (Å²) in [6.07, 6.45) is 0. The Morgan fingerprint density at radius 3 is 2.35 bits per heavy atom. The predicted octanol–water partition coefficient (Wildman–Crippen LogP) is 2.83. The second-order valence-electron chi connectivity index (χ2n) is 4.87. The van der Waals surface area contributed by atoms with E-state index in [0.717, 1.165) is 16.7 Å². The Bertz CT molecular complexity index is 710. The highest BCUT2D eigenvalue weighted by Gasteiger charge is 2.13. The first kappa shape index (κ1) is 14.4. The topological polar surface area (TPSA) is 72.2 Å². The van der Waals surface area contributed by atoms with E-state index in [4.69, 9.17) is 5.73 Å². The zero-order valence-electron chi connectivity index (χ0n) is 11.6. The molecule has 0 spiro atoms. The maximum Gasteiger partial charge on any atom is 0.236 e. The van der Waals surface area contributed by atoms with Crippen LogP contribution in [-0.4, -0.2) is 8.42 Å². The summed E-state index contributed by atoms with van der Waals surface area (Å²) in [7, 11) is -3.45. The van der Waals surface area contributed by atoms with Gasteiger partial charge in [0.25, 0.3) is 0 Å². The van der Waals surface area contributed by atoms with Crippen LogP contribution in [0.5, 0.6) is 0 Å². The van der Waals surface area contributed by atoms with Gasteiger partial charge in [0.2, 0.25) is 10.0 Å². The summed E-state index contributed by atoms with van der Waals surface area (Å²) >= 11 is 0. The second kappa shape index (κ2) is 5.54. The van der Waals surface area contributed by atoms with Crippen molar-refractivity contribution in [2.24, 2.45) is 0 Å². The van der Waals surface area contributed by atoms with Crippen molar-refractivity contribution in [1.82, 2.24) is 0 Å². The third-order valence-corrected chi connectivity index (χ3v) is 4.32. The normalized spacial score (nSPS) is 11.3. The van der Waals surface area contributed by atoms with Gasteiger partial charge in [-0.3, -0.25) is 4.72 Å². The minimum Gasteiger partial charge on any atom is -0.398 e. The number of aryl methyl sites for hydroxylation is 2. The van der Waals surface area contributed by atoms with Gasteiger partial charge in [-0.2, -0.15) is 0 Å². The van der Waals surface area contributed by atoms with Crippen LogP contribution in [0, 0.1) is 13.8 Å². The molecule has 4 nitrogen and oxygen atoms in total. The largest absolute Gasteiger partial charge is 0.398 e. The molecule has 0 aliphatic carbocycles. The number of nitrogens with one attached hydrogen (secondary N) is 1. The van der Waals surface area contributed by atoms with Gasteiger partial charge < -0.3 is 5.73 Å². The van der Waals surface area contributed by atoms with Crippen LogP contribution >= 0.6 is 0 Å². The van der Waals surface area contributed by atoms with Crippen molar-refractivity contribution in [3.8, 4) is 0 Å². The molecule has 0 saturated carbocycles. The molecule has 0 atom stereocenters. The van der Waals surface area contributed by atoms with E-state index in [1.165, 1.54) is 0 Å². The molecule has 0 aliphatic heterocycles. The van der Waals surface area contributed by atoms with Crippen LogP contribution in [-0.2, 0) is 15.8 Å². The molecule has 3 N–H and O–H groups in total. The second-order valence-corrected chi connectivity index (χ2v) is 6.59. The Balaban J connectivity index is 2.23. The van der Waals surface area contributed by atoms with E-state index in [2.05, 4.69) is 4.72 Å². The maximum absolute atomic E-state index is 12.2. The number of sulfonamides is 1. The molecule has 0 radical (unpaired) electrons. The highest BCUT2D eigenvalue weighted by Crippen LogP contribution is 2.23. The molecule has 2 rings (SSSR count). The minimum absolute atomic E-state index is 0.0545. The molecule has 2 aromatic rings. The number of rotatable bonds is 4. The molecule has 0 saturated heterocycles. The fraction of sp³-hybridized carbons (Fsp3) is 0.200. The molecule has 0 amide bonds. The summed E-state index contributed by atoms with van der Waals surface area (Å²) < 4.78 is 26.9. The maximum atomic E-state index is 12.2. The lowest BCUT2D eigenvalue weighted by Crippen LogP contribution is -2.16. The van der Waals surface area contributed by atoms with E-state index in [0.29, 0.717) is 11.4 Å². The third kappa shape index (κ3) is 3.51. The number of hydrogen-bond donors (Lipinski definition) is 2. The molecule has 0 aromatic heterocycles. The van der Waals surface area contributed by atoms with Crippen LogP contribution in [0.25, 0.3) is 0 Å². The van der Waals surface area contributed by atoms with Crippen molar-refractivity contribution in [3.63, 3.8) is 0 Å². The van der Waals surface area contributed by atoms with Gasteiger partial charge in [0, 0.05) is 5.69 Å². The van der Waals surface area contributed by atoms with Crippen molar-refractivity contribution in [3.05, 3.63) is 59.2 Å². The average molecular weight is 290 g/mol. The first-order valence-corrected chi connectivity index (χ1v) is 7.94. The molecule has 20 heavy (non-hydrogen) atoms. The van der Waals surface area contributed by atoms with Crippen molar-refractivity contribution < 1.29 is 8.42 Å². The molecule has 2 aromatic carbocycles. The zero-order valence-corrected chi connectivity index (χ0v) is 12.4. The molecule has 0 fully saturated rings. The van der Waals surface area contributed by atoms with Crippen molar-refractivity contribution in [2.45, 2.75) is 19.6 Å². The van der Waals surface area contributed by atoms with E-state index in [1.54, 1.807) is 18.2 Å². The van der Waals surface area contributed by atoms with Crippen LogP contribution in [0.1, 0.15) is 16.7 Å². The zero-order chi connectivity index (χ0) is 14.8. The smallest absolute Gasteiger partial charge is 0.236 e. The Hall–Kier alpha value is -2.01. The fourth-order valence-electron chi connectivity index (χ4n) is 1.98. The van der Waals surface area contributed by atoms with E-state index in [-0.39, 0.29) is 5.75 Å². The summed E-state index contributed by atoms with van der Waals surface area (Å²) in [6, 6.07) is 12.6. The lowest BCUT2D eigenvalue weighted by molar-refractivity contribution is 0.600. The van der Waals surface area contributed by atoms with Crippen molar-refractivity contribution in [1.29, 1.82) is 0 Å². The molecular formula is C15H18N2O2S. The van der Waals surface area contributed by atoms with Crippen LogP contribution < -0.4 is 10.5 Å². The summed E-state index contributed by atoms with van der Waals surface area (Å²) in [6.45, 7) is 3.75. The number of nitrogens with two attached hydrogens (primary N) is 1. The highest BCUT2D eigenvalue weighted by atomic mass is 32.2. The Morgan fingerprint density at radius 1 is 1.05 bits per heavy atom. The highest BCUT2D eigenvalue weighted by molar-refractivity contribution is 7.91. The summed E-state index contributed by atoms with van der Waals surface area (Å²) in [5, 5.41) is 0. The quantitative estimate of drug-likeness (QED) is 0.850. The van der Waals surface area contributed by atoms with Gasteiger partial charge in [0.1, 0.15) is 0 Å². The summed E-state index contributed by atoms with van der Waals surface area (Å²) in [5.41, 5.74) is 9.48. The molecule has 0 heterocycles. The van der Waals surface area contributed by atoms with Crippen LogP contribution in [0.4, 0.5) is 11.4 Å². The van der Waals surface area contributed by atoms with Gasteiger partial charge in [0.15, 0.2) is 0 Å². The van der Waals surface area contributed by atoms with Gasteiger partial charge in [-0.1, -0.05) is 36.4 Å². The van der Waals surface area contributed by atoms with Gasteiger partial charge in [-0.25, -0.2) is 8.42 Å². The predicted molar refractivity (Wildman–Crippen MR) is 83.0 cm³/mol. The lowest BCUT2D eigenvalue weighted by Gasteiger charge is -2.12. The number of hydrogen-bond acceptors (Lipinski definition) is 3. The van der Waals surface area contributed by atoms with E-state index in [9.17, 15) is 8.42 Å². The van der Waals surface area contributed by atoms with Gasteiger partial charge >= 0.3 is 0 Å². The Labute approximate surface area is 119 Å². The van der Waals surface area contributed by atoms with Crippen LogP contribution in [0.15, 0.2) is 42.5 Å². The van der Waals surface area contributed by atoms with Crippen LogP contribution in [0.3, 0.4) is 0 Å². The van der Waals surface area contributed by atoms with Gasteiger partial charge in [0.05, 0.1) is 11.4 Å². The molecule has 5 heteroatoms. The molecule has 0 bridgehead atoms. The molecule has 0 unspecified atom stereocenters. The number of nitrogen functional groups attached to an aromatic ring is 1. The number of anilines is 2. The van der Waals surface area contributed by atoms with Crippen LogP contribution in [0.2, 0.25) is 0 Å². The first-order chi connectivity index (χ1) is 9.37. The van der Waals surface area contributed by atoms with E-state index < -0.39 is 10.0 Å². The molecular weight excluding hydrogens is 272 g/mol. The van der Waals surface area contributed by atoms with E-state index >= 15 is 0 Å². The Kier molecular flexibility index (Phi) is 3.99. The fourth-order valence-corrected chi connectivity index (χ4v) is 3.23. The van der Waals surface area contributed by atoms with Crippen molar-refractivity contribution >= 4 is 21.4 Å². The van der Waals surface area contributed by atoms with E-state index in [1.807, 2.05) is 38.1 Å². The van der Waals surface area contributed by atoms with Gasteiger partial charge in [-0.05, 0) is 36.6 Å². The monoisotopic (exact) mass is 290 g/mol. The standard InChI is InChI=1S/C15H18N2O2S/c1-11-8-12(2)15(9-14(11)16)17-20(18,19)10-13-6-4-3-5-7-13/h3-9,17H,10,16H2,1-2H3. The Morgan fingerprint density at radius 2 is 1.70 bits per heavy atom. The first-order valence-electron chi connectivity index (χ1n) is 6.28. The summed E-state index contributed by atoms with van der Waals surface area (Å²) in [4.78, 5) is 0. The van der Waals surface area contributed by atoms with Gasteiger partial charge in [-0.15, -0.1) is 0 Å². The molecule has 0 aliphatic rings. The number of benzene rings is 2. The minimum atomic E-state index is -3.45. The summed E-state index contributed by atoms with van der Waals surface area (Å²) in [5.74, 6) is -0.0545.